The molecule has 106 valence electrons. The van der Waals surface area contributed by atoms with Crippen molar-refractivity contribution in [2.24, 2.45) is 23.0 Å². The van der Waals surface area contributed by atoms with Gasteiger partial charge in [-0.15, -0.1) is 0 Å². The van der Waals surface area contributed by atoms with Crippen molar-refractivity contribution in [2.45, 2.75) is 65.3 Å². The lowest BCUT2D eigenvalue weighted by atomic mass is 9.68. The number of hydrogen-bond donors (Lipinski definition) is 1. The van der Waals surface area contributed by atoms with Crippen LogP contribution in [0.5, 0.6) is 0 Å². The molecular formula is C16H32N2. The van der Waals surface area contributed by atoms with E-state index < -0.39 is 0 Å². The van der Waals surface area contributed by atoms with Gasteiger partial charge in [0.05, 0.1) is 0 Å². The van der Waals surface area contributed by atoms with Gasteiger partial charge in [-0.3, -0.25) is 0 Å². The molecule has 0 saturated heterocycles. The molecule has 2 nitrogen and oxygen atoms in total. The Morgan fingerprint density at radius 2 is 1.89 bits per heavy atom. The van der Waals surface area contributed by atoms with E-state index in [0.29, 0.717) is 11.5 Å². The summed E-state index contributed by atoms with van der Waals surface area (Å²) in [6, 6.07) is 0.393. The molecule has 0 radical (unpaired) electrons. The van der Waals surface area contributed by atoms with Crippen LogP contribution in [0.1, 0.15) is 59.3 Å². The molecule has 2 saturated carbocycles. The van der Waals surface area contributed by atoms with Crippen LogP contribution in [0.2, 0.25) is 0 Å². The zero-order valence-corrected chi connectivity index (χ0v) is 12.6. The summed E-state index contributed by atoms with van der Waals surface area (Å²) >= 11 is 0. The van der Waals surface area contributed by atoms with Gasteiger partial charge in [0.25, 0.3) is 0 Å². The van der Waals surface area contributed by atoms with E-state index in [9.17, 15) is 0 Å². The van der Waals surface area contributed by atoms with E-state index in [0.717, 1.165) is 11.8 Å². The van der Waals surface area contributed by atoms with Crippen molar-refractivity contribution < 1.29 is 0 Å². The van der Waals surface area contributed by atoms with Gasteiger partial charge in [0.2, 0.25) is 0 Å². The van der Waals surface area contributed by atoms with Crippen LogP contribution < -0.4 is 5.73 Å². The molecule has 2 N–H and O–H groups in total. The number of rotatable bonds is 6. The molecule has 2 atom stereocenters. The van der Waals surface area contributed by atoms with Crippen molar-refractivity contribution in [1.82, 2.24) is 4.90 Å². The molecule has 0 aromatic heterocycles. The minimum atomic E-state index is 0.348. The Hall–Kier alpha value is -0.0800. The highest BCUT2D eigenvalue weighted by molar-refractivity contribution is 4.92. The van der Waals surface area contributed by atoms with Crippen LogP contribution in [0.25, 0.3) is 0 Å². The fourth-order valence-corrected chi connectivity index (χ4v) is 3.58. The minimum Gasteiger partial charge on any atom is -0.327 e. The number of nitrogens with two attached hydrogens (primary N) is 1. The predicted octanol–water partition coefficient (Wildman–Crippen LogP) is 3.26. The van der Waals surface area contributed by atoms with Crippen molar-refractivity contribution in [3.8, 4) is 0 Å². The van der Waals surface area contributed by atoms with Crippen LogP contribution in [0.3, 0.4) is 0 Å². The summed E-state index contributed by atoms with van der Waals surface area (Å²) in [5, 5.41) is 0. The van der Waals surface area contributed by atoms with Crippen LogP contribution in [0.4, 0.5) is 0 Å². The molecule has 2 rings (SSSR count). The van der Waals surface area contributed by atoms with Gasteiger partial charge in [0.15, 0.2) is 0 Å². The first-order valence-electron chi connectivity index (χ1n) is 8.01. The normalized spacial score (nSPS) is 31.8. The van der Waals surface area contributed by atoms with E-state index in [1.807, 2.05) is 0 Å². The highest BCUT2D eigenvalue weighted by Gasteiger charge is 2.37. The van der Waals surface area contributed by atoms with Gasteiger partial charge >= 0.3 is 0 Å². The summed E-state index contributed by atoms with van der Waals surface area (Å²) in [7, 11) is 0. The van der Waals surface area contributed by atoms with Crippen LogP contribution in [0, 0.1) is 17.3 Å². The Morgan fingerprint density at radius 3 is 2.50 bits per heavy atom. The Balaban J connectivity index is 1.88. The summed E-state index contributed by atoms with van der Waals surface area (Å²) in [6.45, 7) is 10.8. The largest absolute Gasteiger partial charge is 0.327 e. The maximum Gasteiger partial charge on any atom is 0.0131 e. The van der Waals surface area contributed by atoms with Crippen molar-refractivity contribution in [3.05, 3.63) is 0 Å². The summed E-state index contributed by atoms with van der Waals surface area (Å²) in [5.41, 5.74) is 6.87. The third-order valence-electron chi connectivity index (χ3n) is 5.05. The predicted molar refractivity (Wildman–Crippen MR) is 78.6 cm³/mol. The molecular weight excluding hydrogens is 220 g/mol. The number of nitrogens with zero attached hydrogens (tertiary/aromatic N) is 1. The van der Waals surface area contributed by atoms with E-state index in [2.05, 4.69) is 25.7 Å². The second-order valence-corrected chi connectivity index (χ2v) is 7.37. The second-order valence-electron chi connectivity index (χ2n) is 7.37. The van der Waals surface area contributed by atoms with E-state index in [4.69, 9.17) is 5.73 Å². The number of hydrogen-bond acceptors (Lipinski definition) is 2. The summed E-state index contributed by atoms with van der Waals surface area (Å²) in [5.74, 6) is 1.73. The average Bonchev–Trinajstić information content (AvgIpc) is 3.09. The zero-order chi connectivity index (χ0) is 13.2. The molecule has 0 aromatic carbocycles. The molecule has 2 fully saturated rings. The van der Waals surface area contributed by atoms with Gasteiger partial charge in [-0.05, 0) is 55.9 Å². The molecule has 0 amide bonds. The third-order valence-corrected chi connectivity index (χ3v) is 5.05. The quantitative estimate of drug-likeness (QED) is 0.786. The first kappa shape index (κ1) is 14.3. The van der Waals surface area contributed by atoms with Crippen LogP contribution >= 0.6 is 0 Å². The molecule has 2 aliphatic rings. The topological polar surface area (TPSA) is 29.3 Å². The maximum atomic E-state index is 6.52. The molecule has 18 heavy (non-hydrogen) atoms. The van der Waals surface area contributed by atoms with Gasteiger partial charge in [-0.1, -0.05) is 27.2 Å². The molecule has 0 heterocycles. The SMILES string of the molecule is CCCN(CC1CC1)CC1CCCC(C)(C)C1N. The average molecular weight is 252 g/mol. The first-order chi connectivity index (χ1) is 8.53. The standard InChI is InChI=1S/C16H32N2/c1-4-10-18(11-13-7-8-13)12-14-6-5-9-16(2,3)15(14)17/h13-15H,4-12,17H2,1-3H3. The second kappa shape index (κ2) is 5.92. The molecule has 2 heteroatoms. The van der Waals surface area contributed by atoms with E-state index in [-0.39, 0.29) is 0 Å². The van der Waals surface area contributed by atoms with E-state index >= 15 is 0 Å². The molecule has 2 unspecified atom stereocenters. The summed E-state index contributed by atoms with van der Waals surface area (Å²) in [4.78, 5) is 2.70. The fourth-order valence-electron chi connectivity index (χ4n) is 3.58. The Morgan fingerprint density at radius 1 is 1.17 bits per heavy atom. The van der Waals surface area contributed by atoms with Crippen molar-refractivity contribution in [3.63, 3.8) is 0 Å². The summed E-state index contributed by atoms with van der Waals surface area (Å²) in [6.07, 6.45) is 8.22. The van der Waals surface area contributed by atoms with Crippen LogP contribution in [0.15, 0.2) is 0 Å². The molecule has 0 bridgehead atoms. The van der Waals surface area contributed by atoms with E-state index in [1.54, 1.807) is 0 Å². The van der Waals surface area contributed by atoms with Gasteiger partial charge < -0.3 is 10.6 Å². The Labute approximate surface area is 113 Å². The van der Waals surface area contributed by atoms with Crippen molar-refractivity contribution in [1.29, 1.82) is 0 Å². The molecule has 0 aliphatic heterocycles. The van der Waals surface area contributed by atoms with Crippen molar-refractivity contribution in [2.75, 3.05) is 19.6 Å². The van der Waals surface area contributed by atoms with Gasteiger partial charge in [0.1, 0.15) is 0 Å². The first-order valence-corrected chi connectivity index (χ1v) is 8.01. The lowest BCUT2D eigenvalue weighted by Crippen LogP contribution is -2.50. The smallest absolute Gasteiger partial charge is 0.0131 e. The summed E-state index contributed by atoms with van der Waals surface area (Å²) < 4.78 is 0. The molecule has 2 aliphatic carbocycles. The lowest BCUT2D eigenvalue weighted by molar-refractivity contribution is 0.100. The van der Waals surface area contributed by atoms with Gasteiger partial charge in [-0.2, -0.15) is 0 Å². The van der Waals surface area contributed by atoms with Gasteiger partial charge in [-0.25, -0.2) is 0 Å². The Kier molecular flexibility index (Phi) is 4.71. The third kappa shape index (κ3) is 3.71. The van der Waals surface area contributed by atoms with Crippen molar-refractivity contribution >= 4 is 0 Å². The zero-order valence-electron chi connectivity index (χ0n) is 12.6. The highest BCUT2D eigenvalue weighted by Crippen LogP contribution is 2.38. The highest BCUT2D eigenvalue weighted by atomic mass is 15.1. The molecule has 0 spiro atoms. The van der Waals surface area contributed by atoms with Gasteiger partial charge in [0, 0.05) is 19.1 Å². The minimum absolute atomic E-state index is 0.348. The monoisotopic (exact) mass is 252 g/mol. The van der Waals surface area contributed by atoms with Crippen LogP contribution in [-0.2, 0) is 0 Å². The van der Waals surface area contributed by atoms with Crippen LogP contribution in [-0.4, -0.2) is 30.6 Å². The maximum absolute atomic E-state index is 6.52. The fraction of sp³-hybridized carbons (Fsp3) is 1.00. The lowest BCUT2D eigenvalue weighted by Gasteiger charge is -2.43. The van der Waals surface area contributed by atoms with E-state index in [1.165, 1.54) is 58.2 Å². The Bertz CT molecular complexity index is 258. The molecule has 0 aromatic rings.